The summed E-state index contributed by atoms with van der Waals surface area (Å²) in [5.74, 6) is 2.34. The second-order valence-corrected chi connectivity index (χ2v) is 8.34. The number of benzene rings is 2. The molecule has 0 N–H and O–H groups in total. The molecular formula is C24H24Cl2N4O4. The van der Waals surface area contributed by atoms with Gasteiger partial charge in [-0.05, 0) is 42.5 Å². The van der Waals surface area contributed by atoms with Crippen LogP contribution in [0.25, 0.3) is 11.3 Å². The van der Waals surface area contributed by atoms with Crippen molar-refractivity contribution in [1.29, 1.82) is 0 Å². The number of carbonyl (C=O) groups excluding carboxylic acids is 1. The summed E-state index contributed by atoms with van der Waals surface area (Å²) in [6.07, 6.45) is 0. The minimum absolute atomic E-state index is 0.0973. The van der Waals surface area contributed by atoms with Gasteiger partial charge in [-0.25, -0.2) is 0 Å². The van der Waals surface area contributed by atoms with E-state index in [1.54, 1.807) is 37.3 Å². The number of halogens is 2. The van der Waals surface area contributed by atoms with E-state index in [-0.39, 0.29) is 12.5 Å². The van der Waals surface area contributed by atoms with Crippen molar-refractivity contribution in [3.8, 4) is 28.5 Å². The van der Waals surface area contributed by atoms with Crippen molar-refractivity contribution < 1.29 is 19.0 Å². The highest BCUT2D eigenvalue weighted by atomic mass is 35.5. The number of anilines is 1. The molecule has 1 saturated heterocycles. The summed E-state index contributed by atoms with van der Waals surface area (Å²) in [6.45, 7) is 2.32. The maximum atomic E-state index is 12.6. The lowest BCUT2D eigenvalue weighted by molar-refractivity contribution is -0.133. The van der Waals surface area contributed by atoms with Gasteiger partial charge in [0.15, 0.2) is 23.9 Å². The lowest BCUT2D eigenvalue weighted by atomic mass is 10.1. The summed E-state index contributed by atoms with van der Waals surface area (Å²) in [7, 11) is 3.20. The molecule has 0 spiro atoms. The zero-order valence-corrected chi connectivity index (χ0v) is 20.3. The molecular weight excluding hydrogens is 479 g/mol. The fourth-order valence-corrected chi connectivity index (χ4v) is 4.00. The van der Waals surface area contributed by atoms with Crippen molar-refractivity contribution in [2.75, 3.05) is 51.9 Å². The smallest absolute Gasteiger partial charge is 0.260 e. The Kier molecular flexibility index (Phi) is 7.59. The summed E-state index contributed by atoms with van der Waals surface area (Å²) in [4.78, 5) is 16.4. The molecule has 0 saturated carbocycles. The van der Waals surface area contributed by atoms with Gasteiger partial charge in [0.2, 0.25) is 0 Å². The van der Waals surface area contributed by atoms with E-state index in [0.29, 0.717) is 53.5 Å². The first-order chi connectivity index (χ1) is 16.5. The van der Waals surface area contributed by atoms with Gasteiger partial charge in [0.05, 0.1) is 24.9 Å². The van der Waals surface area contributed by atoms with Crippen LogP contribution in [0.2, 0.25) is 10.0 Å². The molecule has 1 amide bonds. The molecule has 34 heavy (non-hydrogen) atoms. The molecule has 0 radical (unpaired) electrons. The van der Waals surface area contributed by atoms with Gasteiger partial charge in [-0.15, -0.1) is 10.2 Å². The number of ether oxygens (including phenoxy) is 3. The molecule has 0 aliphatic carbocycles. The molecule has 2 aromatic carbocycles. The predicted octanol–water partition coefficient (Wildman–Crippen LogP) is 4.20. The molecule has 1 aromatic heterocycles. The number of piperazine rings is 1. The predicted molar refractivity (Wildman–Crippen MR) is 131 cm³/mol. The van der Waals surface area contributed by atoms with Crippen molar-refractivity contribution in [3.63, 3.8) is 0 Å². The number of rotatable bonds is 7. The summed E-state index contributed by atoms with van der Waals surface area (Å²) in [6, 6.07) is 14.5. The largest absolute Gasteiger partial charge is 0.493 e. The molecule has 10 heteroatoms. The average molecular weight is 503 g/mol. The Hall–Kier alpha value is -3.23. The van der Waals surface area contributed by atoms with Crippen LogP contribution in [0.4, 0.5) is 5.82 Å². The van der Waals surface area contributed by atoms with Crippen LogP contribution >= 0.6 is 23.2 Å². The number of aromatic nitrogens is 2. The van der Waals surface area contributed by atoms with E-state index in [9.17, 15) is 4.79 Å². The highest BCUT2D eigenvalue weighted by molar-refractivity contribution is 6.42. The van der Waals surface area contributed by atoms with Crippen LogP contribution < -0.4 is 19.1 Å². The molecule has 1 fully saturated rings. The highest BCUT2D eigenvalue weighted by Gasteiger charge is 2.23. The van der Waals surface area contributed by atoms with Crippen LogP contribution in [0, 0.1) is 0 Å². The van der Waals surface area contributed by atoms with Crippen LogP contribution in [0.3, 0.4) is 0 Å². The third-order valence-corrected chi connectivity index (χ3v) is 6.36. The summed E-state index contributed by atoms with van der Waals surface area (Å²) >= 11 is 12.1. The summed E-state index contributed by atoms with van der Waals surface area (Å²) < 4.78 is 16.2. The summed E-state index contributed by atoms with van der Waals surface area (Å²) in [5, 5.41) is 9.46. The minimum Gasteiger partial charge on any atom is -0.493 e. The Morgan fingerprint density at radius 3 is 2.35 bits per heavy atom. The third kappa shape index (κ3) is 5.29. The fourth-order valence-electron chi connectivity index (χ4n) is 3.65. The van der Waals surface area contributed by atoms with Gasteiger partial charge in [0.1, 0.15) is 10.8 Å². The molecule has 0 unspecified atom stereocenters. The Bertz CT molecular complexity index is 1150. The lowest BCUT2D eigenvalue weighted by Gasteiger charge is -2.35. The maximum Gasteiger partial charge on any atom is 0.260 e. The van der Waals surface area contributed by atoms with Gasteiger partial charge in [-0.2, -0.15) is 0 Å². The van der Waals surface area contributed by atoms with Gasteiger partial charge in [-0.1, -0.05) is 29.3 Å². The number of amides is 1. The lowest BCUT2D eigenvalue weighted by Crippen LogP contribution is -2.50. The average Bonchev–Trinajstić information content (AvgIpc) is 2.89. The van der Waals surface area contributed by atoms with E-state index in [0.717, 1.165) is 17.1 Å². The molecule has 8 nitrogen and oxygen atoms in total. The van der Waals surface area contributed by atoms with Gasteiger partial charge >= 0.3 is 0 Å². The third-order valence-electron chi connectivity index (χ3n) is 5.55. The van der Waals surface area contributed by atoms with Gasteiger partial charge in [0.25, 0.3) is 5.91 Å². The normalized spacial score (nSPS) is 13.5. The van der Waals surface area contributed by atoms with Crippen molar-refractivity contribution in [2.24, 2.45) is 0 Å². The second-order valence-electron chi connectivity index (χ2n) is 7.55. The Morgan fingerprint density at radius 2 is 1.68 bits per heavy atom. The Balaban J connectivity index is 1.32. The zero-order valence-electron chi connectivity index (χ0n) is 18.8. The van der Waals surface area contributed by atoms with E-state index in [1.165, 1.54) is 0 Å². The molecule has 0 bridgehead atoms. The number of nitrogens with zero attached hydrogens (tertiary/aromatic N) is 4. The topological polar surface area (TPSA) is 77.0 Å². The van der Waals surface area contributed by atoms with E-state index < -0.39 is 0 Å². The van der Waals surface area contributed by atoms with Crippen molar-refractivity contribution in [1.82, 2.24) is 15.1 Å². The van der Waals surface area contributed by atoms with Crippen molar-refractivity contribution in [3.05, 3.63) is 58.6 Å². The van der Waals surface area contributed by atoms with Crippen LogP contribution in [0.5, 0.6) is 17.2 Å². The van der Waals surface area contributed by atoms with E-state index in [2.05, 4.69) is 15.1 Å². The summed E-state index contributed by atoms with van der Waals surface area (Å²) in [5.41, 5.74) is 1.61. The molecule has 3 aromatic rings. The standard InChI is InChI=1S/C24H24Cl2N4O4/c1-32-19-8-6-16(14-21(19)33-2)18-7-9-22(28-27-18)29-10-12-30(13-11-29)23(31)15-34-20-5-3-4-17(25)24(20)26/h3-9,14H,10-13,15H2,1-2H3. The Labute approximate surface area is 207 Å². The first-order valence-electron chi connectivity index (χ1n) is 10.7. The van der Waals surface area contributed by atoms with Crippen molar-refractivity contribution in [2.45, 2.75) is 0 Å². The number of hydrogen-bond donors (Lipinski definition) is 0. The maximum absolute atomic E-state index is 12.6. The molecule has 178 valence electrons. The van der Waals surface area contributed by atoms with Crippen LogP contribution in [0.15, 0.2) is 48.5 Å². The molecule has 1 aliphatic heterocycles. The molecule has 1 aliphatic rings. The zero-order chi connectivity index (χ0) is 24.1. The highest BCUT2D eigenvalue weighted by Crippen LogP contribution is 2.32. The van der Waals surface area contributed by atoms with Crippen LogP contribution in [-0.2, 0) is 4.79 Å². The number of carbonyl (C=O) groups is 1. The van der Waals surface area contributed by atoms with Crippen molar-refractivity contribution >= 4 is 34.9 Å². The van der Waals surface area contributed by atoms with Gasteiger partial charge in [0, 0.05) is 31.7 Å². The SMILES string of the molecule is COc1ccc(-c2ccc(N3CCN(C(=O)COc4cccc(Cl)c4Cl)CC3)nn2)cc1OC. The van der Waals surface area contributed by atoms with Crippen LogP contribution in [-0.4, -0.2) is 68.0 Å². The van der Waals surface area contributed by atoms with Crippen LogP contribution in [0.1, 0.15) is 0 Å². The second kappa shape index (κ2) is 10.8. The fraction of sp³-hybridized carbons (Fsp3) is 0.292. The monoisotopic (exact) mass is 502 g/mol. The minimum atomic E-state index is -0.106. The quantitative estimate of drug-likeness (QED) is 0.479. The van der Waals surface area contributed by atoms with E-state index >= 15 is 0 Å². The first kappa shape index (κ1) is 23.9. The molecule has 0 atom stereocenters. The Morgan fingerprint density at radius 1 is 0.912 bits per heavy atom. The van der Waals surface area contributed by atoms with E-state index in [4.69, 9.17) is 37.4 Å². The number of methoxy groups -OCH3 is 2. The first-order valence-corrected chi connectivity index (χ1v) is 11.4. The van der Waals surface area contributed by atoms with E-state index in [1.807, 2.05) is 30.3 Å². The van der Waals surface area contributed by atoms with Gasteiger partial charge in [-0.3, -0.25) is 4.79 Å². The molecule has 4 rings (SSSR count). The van der Waals surface area contributed by atoms with Gasteiger partial charge < -0.3 is 24.0 Å². The number of hydrogen-bond acceptors (Lipinski definition) is 7. The molecule has 2 heterocycles.